The van der Waals surface area contributed by atoms with E-state index in [1.165, 1.54) is 13.3 Å². The molecule has 0 aromatic heterocycles. The molecule has 0 N–H and O–H groups in total. The molecule has 0 radical (unpaired) electrons. The van der Waals surface area contributed by atoms with Crippen LogP contribution in [0.2, 0.25) is 0 Å². The predicted molar refractivity (Wildman–Crippen MR) is 106 cm³/mol. The van der Waals surface area contributed by atoms with Crippen LogP contribution in [0.25, 0.3) is 0 Å². The molecule has 1 aromatic rings. The SMILES string of the molecule is CCN(C(=O)[C@H](C)OC(=O)[C@H](C)N1C(=O)c2ccccc2C1=O)C1CCCCC1. The molecule has 1 saturated carbocycles. The number of ether oxygens (including phenoxy) is 1. The van der Waals surface area contributed by atoms with Gasteiger partial charge in [0.25, 0.3) is 17.7 Å². The number of likely N-dealkylation sites (N-methyl/N-ethyl adjacent to an activating group) is 1. The van der Waals surface area contributed by atoms with Crippen molar-refractivity contribution in [2.75, 3.05) is 6.54 Å². The first-order chi connectivity index (χ1) is 13.9. The van der Waals surface area contributed by atoms with E-state index in [0.717, 1.165) is 30.6 Å². The van der Waals surface area contributed by atoms with Crippen molar-refractivity contribution in [2.45, 2.75) is 71.1 Å². The summed E-state index contributed by atoms with van der Waals surface area (Å²) in [5.41, 5.74) is 0.548. The van der Waals surface area contributed by atoms with Gasteiger partial charge in [0.15, 0.2) is 6.10 Å². The summed E-state index contributed by atoms with van der Waals surface area (Å²) < 4.78 is 5.38. The minimum atomic E-state index is -1.11. The summed E-state index contributed by atoms with van der Waals surface area (Å²) in [6, 6.07) is 5.52. The Labute approximate surface area is 171 Å². The van der Waals surface area contributed by atoms with E-state index >= 15 is 0 Å². The standard InChI is InChI=1S/C22H28N2O5/c1-4-23(16-10-6-5-7-11-16)19(25)15(3)29-22(28)14(2)24-20(26)17-12-8-9-13-18(17)21(24)27/h8-9,12-16H,4-7,10-11H2,1-3H3/t14-,15-/m0/s1. The number of esters is 1. The van der Waals surface area contributed by atoms with Crippen LogP contribution in [0, 0.1) is 0 Å². The summed E-state index contributed by atoms with van der Waals surface area (Å²) in [5, 5.41) is 0. The van der Waals surface area contributed by atoms with Crippen molar-refractivity contribution in [1.82, 2.24) is 9.80 Å². The molecule has 1 aliphatic heterocycles. The molecular formula is C22H28N2O5. The Hall–Kier alpha value is -2.70. The Bertz CT molecular complexity index is 780. The van der Waals surface area contributed by atoms with Gasteiger partial charge in [-0.3, -0.25) is 19.3 Å². The highest BCUT2D eigenvalue weighted by Crippen LogP contribution is 2.26. The van der Waals surface area contributed by atoms with Crippen LogP contribution in [-0.2, 0) is 14.3 Å². The summed E-state index contributed by atoms with van der Waals surface area (Å²) in [4.78, 5) is 53.3. The third-order valence-corrected chi connectivity index (χ3v) is 5.83. The lowest BCUT2D eigenvalue weighted by Crippen LogP contribution is -2.49. The Morgan fingerprint density at radius 3 is 2.14 bits per heavy atom. The van der Waals surface area contributed by atoms with Crippen LogP contribution in [0.5, 0.6) is 0 Å². The van der Waals surface area contributed by atoms with Crippen LogP contribution in [-0.4, -0.2) is 58.2 Å². The smallest absolute Gasteiger partial charge is 0.329 e. The number of imide groups is 1. The Morgan fingerprint density at radius 1 is 1.07 bits per heavy atom. The van der Waals surface area contributed by atoms with E-state index in [1.54, 1.807) is 36.1 Å². The zero-order valence-electron chi connectivity index (χ0n) is 17.2. The monoisotopic (exact) mass is 400 g/mol. The number of benzene rings is 1. The fraction of sp³-hybridized carbons (Fsp3) is 0.545. The van der Waals surface area contributed by atoms with Crippen molar-refractivity contribution in [1.29, 1.82) is 0 Å². The molecule has 7 nitrogen and oxygen atoms in total. The maximum absolute atomic E-state index is 12.9. The zero-order chi connectivity index (χ0) is 21.1. The van der Waals surface area contributed by atoms with E-state index in [0.29, 0.717) is 6.54 Å². The number of carbonyl (C=O) groups excluding carboxylic acids is 4. The number of hydrogen-bond donors (Lipinski definition) is 0. The molecule has 1 aromatic carbocycles. The first kappa shape index (κ1) is 21.0. The molecule has 0 saturated heterocycles. The van der Waals surface area contributed by atoms with Gasteiger partial charge in [-0.15, -0.1) is 0 Å². The van der Waals surface area contributed by atoms with Gasteiger partial charge in [-0.05, 0) is 45.7 Å². The molecule has 3 amide bonds. The summed E-state index contributed by atoms with van der Waals surface area (Å²) in [7, 11) is 0. The van der Waals surface area contributed by atoms with Crippen LogP contribution in [0.3, 0.4) is 0 Å². The van der Waals surface area contributed by atoms with Crippen molar-refractivity contribution in [3.05, 3.63) is 35.4 Å². The van der Waals surface area contributed by atoms with Gasteiger partial charge in [-0.1, -0.05) is 31.4 Å². The maximum Gasteiger partial charge on any atom is 0.329 e. The normalized spacial score (nSPS) is 18.9. The number of nitrogens with zero attached hydrogens (tertiary/aromatic N) is 2. The fourth-order valence-corrected chi connectivity index (χ4v) is 4.21. The highest BCUT2D eigenvalue weighted by molar-refractivity contribution is 6.22. The summed E-state index contributed by atoms with van der Waals surface area (Å²) >= 11 is 0. The lowest BCUT2D eigenvalue weighted by atomic mass is 9.94. The van der Waals surface area contributed by atoms with Gasteiger partial charge in [-0.2, -0.15) is 0 Å². The number of carbonyl (C=O) groups is 4. The van der Waals surface area contributed by atoms with Crippen molar-refractivity contribution in [2.24, 2.45) is 0 Å². The van der Waals surface area contributed by atoms with Gasteiger partial charge in [-0.25, -0.2) is 4.79 Å². The van der Waals surface area contributed by atoms with Gasteiger partial charge < -0.3 is 9.64 Å². The zero-order valence-corrected chi connectivity index (χ0v) is 17.2. The Morgan fingerprint density at radius 2 is 1.62 bits per heavy atom. The van der Waals surface area contributed by atoms with E-state index in [4.69, 9.17) is 4.74 Å². The van der Waals surface area contributed by atoms with Crippen molar-refractivity contribution in [3.63, 3.8) is 0 Å². The molecule has 0 unspecified atom stereocenters. The average molecular weight is 400 g/mol. The molecule has 1 fully saturated rings. The second-order valence-electron chi connectivity index (χ2n) is 7.70. The van der Waals surface area contributed by atoms with E-state index in [1.807, 2.05) is 6.92 Å². The second-order valence-corrected chi connectivity index (χ2v) is 7.70. The molecule has 0 bridgehead atoms. The largest absolute Gasteiger partial charge is 0.451 e. The van der Waals surface area contributed by atoms with Gasteiger partial charge in [0, 0.05) is 12.6 Å². The molecule has 29 heavy (non-hydrogen) atoms. The van der Waals surface area contributed by atoms with Crippen molar-refractivity contribution in [3.8, 4) is 0 Å². The second kappa shape index (κ2) is 8.76. The van der Waals surface area contributed by atoms with E-state index in [-0.39, 0.29) is 23.1 Å². The Kier molecular flexibility index (Phi) is 6.35. The van der Waals surface area contributed by atoms with Crippen LogP contribution in [0.15, 0.2) is 24.3 Å². The average Bonchev–Trinajstić information content (AvgIpc) is 2.99. The van der Waals surface area contributed by atoms with E-state index < -0.39 is 29.9 Å². The minimum absolute atomic E-state index is 0.177. The topological polar surface area (TPSA) is 84.0 Å². The number of rotatable bonds is 6. The highest BCUT2D eigenvalue weighted by atomic mass is 16.5. The molecule has 156 valence electrons. The molecule has 2 atom stereocenters. The summed E-state index contributed by atoms with van der Waals surface area (Å²) in [5.74, 6) is -2.04. The number of hydrogen-bond acceptors (Lipinski definition) is 5. The number of amides is 3. The molecule has 0 spiro atoms. The van der Waals surface area contributed by atoms with Gasteiger partial charge >= 0.3 is 5.97 Å². The summed E-state index contributed by atoms with van der Waals surface area (Å²) in [6.07, 6.45) is 4.34. The predicted octanol–water partition coefficient (Wildman–Crippen LogP) is 2.78. The van der Waals surface area contributed by atoms with Crippen molar-refractivity contribution >= 4 is 23.7 Å². The van der Waals surface area contributed by atoms with Gasteiger partial charge in [0.2, 0.25) is 0 Å². The third-order valence-electron chi connectivity index (χ3n) is 5.83. The number of fused-ring (bicyclic) bond motifs is 1. The highest BCUT2D eigenvalue weighted by Gasteiger charge is 2.42. The fourth-order valence-electron chi connectivity index (χ4n) is 4.21. The first-order valence-electron chi connectivity index (χ1n) is 10.3. The molecule has 1 aliphatic carbocycles. The Balaban J connectivity index is 1.65. The first-order valence-corrected chi connectivity index (χ1v) is 10.3. The maximum atomic E-state index is 12.9. The van der Waals surface area contributed by atoms with Crippen LogP contribution in [0.4, 0.5) is 0 Å². The lowest BCUT2D eigenvalue weighted by molar-refractivity contribution is -0.163. The summed E-state index contributed by atoms with van der Waals surface area (Å²) in [6.45, 7) is 5.46. The molecular weight excluding hydrogens is 372 g/mol. The van der Waals surface area contributed by atoms with Crippen LogP contribution < -0.4 is 0 Å². The van der Waals surface area contributed by atoms with E-state index in [9.17, 15) is 19.2 Å². The lowest BCUT2D eigenvalue weighted by Gasteiger charge is -2.35. The third kappa shape index (κ3) is 4.04. The quantitative estimate of drug-likeness (QED) is 0.542. The van der Waals surface area contributed by atoms with E-state index in [2.05, 4.69) is 0 Å². The molecule has 3 rings (SSSR count). The molecule has 1 heterocycles. The molecule has 2 aliphatic rings. The molecule has 7 heteroatoms. The van der Waals surface area contributed by atoms with Gasteiger partial charge in [0.05, 0.1) is 11.1 Å². The minimum Gasteiger partial charge on any atom is -0.451 e. The van der Waals surface area contributed by atoms with Gasteiger partial charge in [0.1, 0.15) is 6.04 Å². The van der Waals surface area contributed by atoms with Crippen LogP contribution >= 0.6 is 0 Å². The van der Waals surface area contributed by atoms with Crippen LogP contribution in [0.1, 0.15) is 73.6 Å². The van der Waals surface area contributed by atoms with Crippen molar-refractivity contribution < 1.29 is 23.9 Å².